The summed E-state index contributed by atoms with van der Waals surface area (Å²) in [7, 11) is 0. The van der Waals surface area contributed by atoms with Crippen molar-refractivity contribution < 1.29 is 9.53 Å². The molecule has 1 saturated carbocycles. The van der Waals surface area contributed by atoms with Gasteiger partial charge >= 0.3 is 5.97 Å². The Morgan fingerprint density at radius 1 is 1.17 bits per heavy atom. The van der Waals surface area contributed by atoms with Crippen LogP contribution in [0.2, 0.25) is 0 Å². The van der Waals surface area contributed by atoms with Gasteiger partial charge in [0.1, 0.15) is 0 Å². The van der Waals surface area contributed by atoms with Gasteiger partial charge in [-0.1, -0.05) is 50.7 Å². The minimum atomic E-state index is -0.114. The van der Waals surface area contributed by atoms with E-state index in [1.165, 1.54) is 56.2 Å². The van der Waals surface area contributed by atoms with Crippen molar-refractivity contribution in [3.63, 3.8) is 0 Å². The molecular formula is C20H31NO2. The van der Waals surface area contributed by atoms with Gasteiger partial charge in [-0.2, -0.15) is 0 Å². The lowest BCUT2D eigenvalue weighted by atomic mass is 10.0. The Balaban J connectivity index is 1.57. The predicted molar refractivity (Wildman–Crippen MR) is 95.7 cm³/mol. The van der Waals surface area contributed by atoms with Gasteiger partial charge < -0.3 is 10.1 Å². The van der Waals surface area contributed by atoms with Gasteiger partial charge in [0.05, 0.1) is 6.61 Å². The molecule has 1 aromatic carbocycles. The van der Waals surface area contributed by atoms with Crippen LogP contribution in [0.3, 0.4) is 0 Å². The number of rotatable bonds is 10. The van der Waals surface area contributed by atoms with Gasteiger partial charge in [-0.25, -0.2) is 0 Å². The molecule has 3 nitrogen and oxygen atoms in total. The molecule has 0 aliphatic heterocycles. The van der Waals surface area contributed by atoms with Crippen molar-refractivity contribution in [2.45, 2.75) is 64.7 Å². The predicted octanol–water partition coefficient (Wildman–Crippen LogP) is 4.95. The summed E-state index contributed by atoms with van der Waals surface area (Å²) in [5.74, 6) is 0.894. The number of unbranched alkanes of at least 4 members (excludes halogenated alkanes) is 1. The van der Waals surface area contributed by atoms with Crippen molar-refractivity contribution in [3.8, 4) is 0 Å². The summed E-state index contributed by atoms with van der Waals surface area (Å²) in [6.45, 7) is 3.35. The molecule has 0 aromatic heterocycles. The zero-order valence-electron chi connectivity index (χ0n) is 14.5. The van der Waals surface area contributed by atoms with Crippen LogP contribution in [0.25, 0.3) is 0 Å². The second-order valence-electron chi connectivity index (χ2n) is 6.57. The fraction of sp³-hybridized carbons (Fsp3) is 0.650. The fourth-order valence-corrected chi connectivity index (χ4v) is 3.36. The molecule has 23 heavy (non-hydrogen) atoms. The van der Waals surface area contributed by atoms with E-state index in [1.807, 2.05) is 6.92 Å². The monoisotopic (exact) mass is 317 g/mol. The molecule has 2 rings (SSSR count). The van der Waals surface area contributed by atoms with Crippen LogP contribution in [0.1, 0.15) is 63.9 Å². The van der Waals surface area contributed by atoms with Gasteiger partial charge in [-0.15, -0.1) is 0 Å². The highest BCUT2D eigenvalue weighted by Crippen LogP contribution is 2.28. The molecular weight excluding hydrogens is 286 g/mol. The van der Waals surface area contributed by atoms with E-state index in [9.17, 15) is 4.79 Å². The molecule has 0 amide bonds. The first kappa shape index (κ1) is 17.8. The summed E-state index contributed by atoms with van der Waals surface area (Å²) in [5.41, 5.74) is 2.36. The molecule has 0 saturated heterocycles. The zero-order chi connectivity index (χ0) is 16.3. The van der Waals surface area contributed by atoms with E-state index in [2.05, 4.69) is 29.6 Å². The summed E-state index contributed by atoms with van der Waals surface area (Å²) < 4.78 is 4.95. The van der Waals surface area contributed by atoms with Gasteiger partial charge in [0.2, 0.25) is 0 Å². The SMILES string of the molecule is CCOC(=O)CCc1ccc(NCCCCC2CCCC2)cc1. The summed E-state index contributed by atoms with van der Waals surface area (Å²) in [4.78, 5) is 11.3. The zero-order valence-corrected chi connectivity index (χ0v) is 14.5. The first-order chi connectivity index (χ1) is 11.3. The maximum Gasteiger partial charge on any atom is 0.306 e. The Morgan fingerprint density at radius 3 is 2.61 bits per heavy atom. The number of nitrogens with one attached hydrogen (secondary N) is 1. The minimum absolute atomic E-state index is 0.114. The van der Waals surface area contributed by atoms with E-state index in [0.717, 1.165) is 18.9 Å². The van der Waals surface area contributed by atoms with Crippen LogP contribution >= 0.6 is 0 Å². The molecule has 128 valence electrons. The standard InChI is InChI=1S/C20H31NO2/c1-2-23-20(22)15-12-18-10-13-19(14-11-18)21-16-6-5-9-17-7-3-4-8-17/h10-11,13-14,17,21H,2-9,12,15-16H2,1H3. The maximum absolute atomic E-state index is 11.3. The molecule has 0 spiro atoms. The molecule has 1 aromatic rings. The number of ether oxygens (including phenoxy) is 1. The van der Waals surface area contributed by atoms with Gasteiger partial charge in [-0.05, 0) is 43.4 Å². The summed E-state index contributed by atoms with van der Waals surface area (Å²) in [5, 5.41) is 3.49. The lowest BCUT2D eigenvalue weighted by molar-refractivity contribution is -0.143. The van der Waals surface area contributed by atoms with E-state index < -0.39 is 0 Å². The Kier molecular flexibility index (Phi) is 7.99. The Hall–Kier alpha value is -1.51. The third-order valence-electron chi connectivity index (χ3n) is 4.72. The van der Waals surface area contributed by atoms with Crippen LogP contribution in [0.5, 0.6) is 0 Å². The highest BCUT2D eigenvalue weighted by atomic mass is 16.5. The first-order valence-corrected chi connectivity index (χ1v) is 9.26. The molecule has 1 fully saturated rings. The lowest BCUT2D eigenvalue weighted by Crippen LogP contribution is -2.05. The van der Waals surface area contributed by atoms with Gasteiger partial charge in [0.25, 0.3) is 0 Å². The number of esters is 1. The van der Waals surface area contributed by atoms with Gasteiger partial charge in [-0.3, -0.25) is 4.79 Å². The van der Waals surface area contributed by atoms with Crippen molar-refractivity contribution in [2.75, 3.05) is 18.5 Å². The van der Waals surface area contributed by atoms with Crippen LogP contribution < -0.4 is 5.32 Å². The number of anilines is 1. The molecule has 1 aliphatic carbocycles. The average molecular weight is 317 g/mol. The summed E-state index contributed by atoms with van der Waals surface area (Å²) >= 11 is 0. The maximum atomic E-state index is 11.3. The van der Waals surface area contributed by atoms with Crippen LogP contribution in [0, 0.1) is 5.92 Å². The second kappa shape index (κ2) is 10.3. The van der Waals surface area contributed by atoms with E-state index in [-0.39, 0.29) is 5.97 Å². The molecule has 0 bridgehead atoms. The molecule has 3 heteroatoms. The van der Waals surface area contributed by atoms with Crippen LogP contribution in [-0.2, 0) is 16.0 Å². The number of aryl methyl sites for hydroxylation is 1. The van der Waals surface area contributed by atoms with E-state index in [0.29, 0.717) is 13.0 Å². The molecule has 0 radical (unpaired) electrons. The Labute approximate surface area is 140 Å². The third-order valence-corrected chi connectivity index (χ3v) is 4.72. The first-order valence-electron chi connectivity index (χ1n) is 9.26. The topological polar surface area (TPSA) is 38.3 Å². The van der Waals surface area contributed by atoms with Crippen molar-refractivity contribution in [3.05, 3.63) is 29.8 Å². The van der Waals surface area contributed by atoms with Crippen molar-refractivity contribution in [1.29, 1.82) is 0 Å². The van der Waals surface area contributed by atoms with E-state index >= 15 is 0 Å². The van der Waals surface area contributed by atoms with Crippen LogP contribution in [-0.4, -0.2) is 19.1 Å². The third kappa shape index (κ3) is 7.06. The lowest BCUT2D eigenvalue weighted by Gasteiger charge is -2.10. The van der Waals surface area contributed by atoms with E-state index in [4.69, 9.17) is 4.74 Å². The number of hydrogen-bond acceptors (Lipinski definition) is 3. The highest BCUT2D eigenvalue weighted by Gasteiger charge is 2.13. The number of carbonyl (C=O) groups is 1. The fourth-order valence-electron chi connectivity index (χ4n) is 3.36. The van der Waals surface area contributed by atoms with Gasteiger partial charge in [0, 0.05) is 18.7 Å². The number of hydrogen-bond donors (Lipinski definition) is 1. The van der Waals surface area contributed by atoms with E-state index in [1.54, 1.807) is 0 Å². The largest absolute Gasteiger partial charge is 0.466 e. The highest BCUT2D eigenvalue weighted by molar-refractivity contribution is 5.69. The quantitative estimate of drug-likeness (QED) is 0.490. The van der Waals surface area contributed by atoms with Crippen LogP contribution in [0.4, 0.5) is 5.69 Å². The Morgan fingerprint density at radius 2 is 1.91 bits per heavy atom. The number of carbonyl (C=O) groups excluding carboxylic acids is 1. The smallest absolute Gasteiger partial charge is 0.306 e. The Bertz CT molecular complexity index is 449. The second-order valence-corrected chi connectivity index (χ2v) is 6.57. The average Bonchev–Trinajstić information content (AvgIpc) is 3.07. The summed E-state index contributed by atoms with van der Waals surface area (Å²) in [6.07, 6.45) is 11.0. The molecule has 1 aliphatic rings. The van der Waals surface area contributed by atoms with Crippen molar-refractivity contribution in [2.24, 2.45) is 5.92 Å². The molecule has 0 unspecified atom stereocenters. The molecule has 0 heterocycles. The van der Waals surface area contributed by atoms with Crippen LogP contribution in [0.15, 0.2) is 24.3 Å². The van der Waals surface area contributed by atoms with Crippen molar-refractivity contribution >= 4 is 11.7 Å². The normalized spacial score (nSPS) is 14.8. The minimum Gasteiger partial charge on any atom is -0.466 e. The van der Waals surface area contributed by atoms with Gasteiger partial charge in [0.15, 0.2) is 0 Å². The molecule has 0 atom stereocenters. The number of benzene rings is 1. The molecule has 1 N–H and O–H groups in total. The van der Waals surface area contributed by atoms with Crippen molar-refractivity contribution in [1.82, 2.24) is 0 Å². The summed E-state index contributed by atoms with van der Waals surface area (Å²) in [6, 6.07) is 8.41.